The number of ether oxygens (including phenoxy) is 1. The molecular weight excluding hydrogens is 294 g/mol. The molecule has 0 spiro atoms. The summed E-state index contributed by atoms with van der Waals surface area (Å²) in [5.74, 6) is -1.17. The summed E-state index contributed by atoms with van der Waals surface area (Å²) in [7, 11) is 0. The fraction of sp³-hybridized carbons (Fsp3) is 0.167. The number of ketones is 1. The standard InChI is InChI=1S/C18H15NO4/c20-15(12-6-2-1-3-7-12)11-19-17(21)16-10-13-8-4-5-9-14(13)18(22)23-16/h1-9,16H,10-11H2,(H,19,21). The fourth-order valence-electron chi connectivity index (χ4n) is 2.49. The minimum absolute atomic E-state index is 0.126. The second-order valence-corrected chi connectivity index (χ2v) is 5.26. The third-order valence-electron chi connectivity index (χ3n) is 3.70. The predicted octanol–water partition coefficient (Wildman–Crippen LogP) is 1.77. The van der Waals surface area contributed by atoms with E-state index in [0.717, 1.165) is 5.56 Å². The number of nitrogens with one attached hydrogen (secondary N) is 1. The number of esters is 1. The molecule has 3 rings (SSSR count). The molecule has 2 aromatic rings. The SMILES string of the molecule is O=C(CNC(=O)C1Cc2ccccc2C(=O)O1)c1ccccc1. The van der Waals surface area contributed by atoms with Gasteiger partial charge in [-0.05, 0) is 11.6 Å². The van der Waals surface area contributed by atoms with Crippen LogP contribution in [0.3, 0.4) is 0 Å². The third kappa shape index (κ3) is 3.29. The molecule has 5 heteroatoms. The zero-order chi connectivity index (χ0) is 16.2. The van der Waals surface area contributed by atoms with Crippen LogP contribution in [0.1, 0.15) is 26.3 Å². The first-order chi connectivity index (χ1) is 11.1. The van der Waals surface area contributed by atoms with Crippen LogP contribution in [-0.4, -0.2) is 30.3 Å². The summed E-state index contributed by atoms with van der Waals surface area (Å²) in [5, 5.41) is 2.54. The number of carbonyl (C=O) groups is 3. The molecule has 1 N–H and O–H groups in total. The Morgan fingerprint density at radius 3 is 2.52 bits per heavy atom. The first-order valence-corrected chi connectivity index (χ1v) is 7.30. The lowest BCUT2D eigenvalue weighted by Gasteiger charge is -2.23. The number of Topliss-reactive ketones (excluding diaryl/α,β-unsaturated/α-hetero) is 1. The summed E-state index contributed by atoms with van der Waals surface area (Å²) in [6.07, 6.45) is -0.589. The number of carbonyl (C=O) groups excluding carboxylic acids is 3. The maximum atomic E-state index is 12.1. The number of benzene rings is 2. The average Bonchev–Trinajstić information content (AvgIpc) is 2.60. The van der Waals surface area contributed by atoms with Crippen molar-refractivity contribution < 1.29 is 19.1 Å². The van der Waals surface area contributed by atoms with Crippen LogP contribution >= 0.6 is 0 Å². The lowest BCUT2D eigenvalue weighted by molar-refractivity contribution is -0.130. The molecule has 1 aliphatic heterocycles. The van der Waals surface area contributed by atoms with Gasteiger partial charge in [-0.25, -0.2) is 4.79 Å². The van der Waals surface area contributed by atoms with Crippen molar-refractivity contribution in [1.29, 1.82) is 0 Å². The van der Waals surface area contributed by atoms with Crippen molar-refractivity contribution in [2.45, 2.75) is 12.5 Å². The third-order valence-corrected chi connectivity index (χ3v) is 3.70. The molecule has 0 radical (unpaired) electrons. The molecule has 116 valence electrons. The zero-order valence-corrected chi connectivity index (χ0v) is 12.3. The largest absolute Gasteiger partial charge is 0.448 e. The van der Waals surface area contributed by atoms with E-state index in [0.29, 0.717) is 17.5 Å². The van der Waals surface area contributed by atoms with Gasteiger partial charge < -0.3 is 10.1 Å². The Hall–Kier alpha value is -2.95. The van der Waals surface area contributed by atoms with E-state index in [-0.39, 0.29) is 12.3 Å². The van der Waals surface area contributed by atoms with Gasteiger partial charge in [-0.1, -0.05) is 48.5 Å². The number of hydrogen-bond acceptors (Lipinski definition) is 4. The highest BCUT2D eigenvalue weighted by Crippen LogP contribution is 2.20. The number of amides is 1. The Morgan fingerprint density at radius 1 is 1.04 bits per heavy atom. The van der Waals surface area contributed by atoms with Gasteiger partial charge in [-0.3, -0.25) is 9.59 Å². The Kier molecular flexibility index (Phi) is 4.19. The number of rotatable bonds is 4. The summed E-state index contributed by atoms with van der Waals surface area (Å²) in [5.41, 5.74) is 1.79. The molecule has 0 bridgehead atoms. The smallest absolute Gasteiger partial charge is 0.339 e. The number of hydrogen-bond donors (Lipinski definition) is 1. The number of cyclic esters (lactones) is 1. The maximum Gasteiger partial charge on any atom is 0.339 e. The van der Waals surface area contributed by atoms with Crippen molar-refractivity contribution >= 4 is 17.7 Å². The van der Waals surface area contributed by atoms with Crippen LogP contribution in [0.5, 0.6) is 0 Å². The van der Waals surface area contributed by atoms with Crippen LogP contribution in [-0.2, 0) is 16.0 Å². The van der Waals surface area contributed by atoms with Crippen LogP contribution in [0, 0.1) is 0 Å². The van der Waals surface area contributed by atoms with Crippen molar-refractivity contribution in [2.24, 2.45) is 0 Å². The second-order valence-electron chi connectivity index (χ2n) is 5.26. The minimum Gasteiger partial charge on any atom is -0.448 e. The molecule has 1 amide bonds. The van der Waals surface area contributed by atoms with E-state index in [2.05, 4.69) is 5.32 Å². The van der Waals surface area contributed by atoms with E-state index in [1.807, 2.05) is 12.1 Å². The normalized spacial score (nSPS) is 16.2. The topological polar surface area (TPSA) is 72.5 Å². The molecule has 0 fully saturated rings. The van der Waals surface area contributed by atoms with Crippen LogP contribution < -0.4 is 5.32 Å². The van der Waals surface area contributed by atoms with Gasteiger partial charge in [-0.2, -0.15) is 0 Å². The summed E-state index contributed by atoms with van der Waals surface area (Å²) in [4.78, 5) is 36.0. The van der Waals surface area contributed by atoms with Crippen LogP contribution in [0.25, 0.3) is 0 Å². The molecule has 0 aromatic heterocycles. The quantitative estimate of drug-likeness (QED) is 0.690. The van der Waals surface area contributed by atoms with E-state index in [1.54, 1.807) is 42.5 Å². The molecule has 23 heavy (non-hydrogen) atoms. The van der Waals surface area contributed by atoms with E-state index in [1.165, 1.54) is 0 Å². The molecule has 1 aliphatic rings. The summed E-state index contributed by atoms with van der Waals surface area (Å²) in [6, 6.07) is 15.7. The Labute approximate surface area is 133 Å². The minimum atomic E-state index is -0.902. The van der Waals surface area contributed by atoms with Gasteiger partial charge in [0.1, 0.15) is 0 Å². The van der Waals surface area contributed by atoms with E-state index in [4.69, 9.17) is 4.74 Å². The average molecular weight is 309 g/mol. The summed E-state index contributed by atoms with van der Waals surface area (Å²) >= 11 is 0. The van der Waals surface area contributed by atoms with Crippen LogP contribution in [0.15, 0.2) is 54.6 Å². The second kappa shape index (κ2) is 6.44. The van der Waals surface area contributed by atoms with Gasteiger partial charge in [0.05, 0.1) is 12.1 Å². The molecule has 1 heterocycles. The lowest BCUT2D eigenvalue weighted by atomic mass is 9.98. The summed E-state index contributed by atoms with van der Waals surface area (Å²) in [6.45, 7) is -0.126. The first-order valence-electron chi connectivity index (χ1n) is 7.30. The highest BCUT2D eigenvalue weighted by Gasteiger charge is 2.31. The van der Waals surface area contributed by atoms with Crippen LogP contribution in [0.4, 0.5) is 0 Å². The molecule has 0 saturated heterocycles. The van der Waals surface area contributed by atoms with Gasteiger partial charge >= 0.3 is 5.97 Å². The van der Waals surface area contributed by atoms with Gasteiger partial charge in [0, 0.05) is 12.0 Å². The fourth-order valence-corrected chi connectivity index (χ4v) is 2.49. The lowest BCUT2D eigenvalue weighted by Crippen LogP contribution is -2.43. The van der Waals surface area contributed by atoms with Gasteiger partial charge in [0.2, 0.25) is 0 Å². The zero-order valence-electron chi connectivity index (χ0n) is 12.3. The molecule has 2 aromatic carbocycles. The predicted molar refractivity (Wildman–Crippen MR) is 83.1 cm³/mol. The van der Waals surface area contributed by atoms with Gasteiger partial charge in [0.15, 0.2) is 11.9 Å². The number of fused-ring (bicyclic) bond motifs is 1. The Morgan fingerprint density at radius 2 is 1.74 bits per heavy atom. The van der Waals surface area contributed by atoms with Gasteiger partial charge in [0.25, 0.3) is 5.91 Å². The van der Waals surface area contributed by atoms with Crippen molar-refractivity contribution in [3.63, 3.8) is 0 Å². The van der Waals surface area contributed by atoms with E-state index in [9.17, 15) is 14.4 Å². The van der Waals surface area contributed by atoms with Crippen molar-refractivity contribution in [1.82, 2.24) is 5.32 Å². The highest BCUT2D eigenvalue weighted by atomic mass is 16.5. The van der Waals surface area contributed by atoms with Crippen LogP contribution in [0.2, 0.25) is 0 Å². The highest BCUT2D eigenvalue weighted by molar-refractivity contribution is 6.00. The Balaban J connectivity index is 1.62. The monoisotopic (exact) mass is 309 g/mol. The summed E-state index contributed by atoms with van der Waals surface area (Å²) < 4.78 is 5.15. The van der Waals surface area contributed by atoms with Gasteiger partial charge in [-0.15, -0.1) is 0 Å². The molecule has 5 nitrogen and oxygen atoms in total. The van der Waals surface area contributed by atoms with E-state index < -0.39 is 18.0 Å². The molecular formula is C18H15NO4. The molecule has 0 aliphatic carbocycles. The molecule has 1 unspecified atom stereocenters. The molecule has 1 atom stereocenters. The van der Waals surface area contributed by atoms with Crippen molar-refractivity contribution in [3.05, 3.63) is 71.3 Å². The Bertz CT molecular complexity index is 755. The van der Waals surface area contributed by atoms with E-state index >= 15 is 0 Å². The first kappa shape index (κ1) is 15.0. The molecule has 0 saturated carbocycles. The van der Waals surface area contributed by atoms with Crippen molar-refractivity contribution in [2.75, 3.05) is 6.54 Å². The maximum absolute atomic E-state index is 12.1. The van der Waals surface area contributed by atoms with Crippen molar-refractivity contribution in [3.8, 4) is 0 Å².